The van der Waals surface area contributed by atoms with Gasteiger partial charge in [0.2, 0.25) is 0 Å². The van der Waals surface area contributed by atoms with Crippen molar-refractivity contribution in [2.45, 2.75) is 45.6 Å². The summed E-state index contributed by atoms with van der Waals surface area (Å²) in [7, 11) is 0. The topological polar surface area (TPSA) is 0 Å². The summed E-state index contributed by atoms with van der Waals surface area (Å²) in [6.45, 7) is 13.4. The van der Waals surface area contributed by atoms with E-state index in [-0.39, 0.29) is 24.8 Å². The molecule has 1 aromatic carbocycles. The minimum atomic E-state index is -2.43. The Labute approximate surface area is 165 Å². The smallest absolute Gasteiger partial charge is 1.00 e. The second kappa shape index (κ2) is 8.35. The monoisotopic (exact) mass is 472 g/mol. The van der Waals surface area contributed by atoms with Crippen molar-refractivity contribution in [1.82, 2.24) is 0 Å². The molecule has 0 saturated carbocycles. The third-order valence-corrected chi connectivity index (χ3v) is 80.4. The van der Waals surface area contributed by atoms with Crippen molar-refractivity contribution in [3.05, 3.63) is 60.2 Å². The van der Waals surface area contributed by atoms with Gasteiger partial charge in [0, 0.05) is 0 Å². The van der Waals surface area contributed by atoms with Crippen molar-refractivity contribution in [3.63, 3.8) is 0 Å². The average molecular weight is 475 g/mol. The van der Waals surface area contributed by atoms with Crippen molar-refractivity contribution in [2.75, 3.05) is 0 Å². The molecule has 2 aliphatic carbocycles. The third kappa shape index (κ3) is 3.57. The summed E-state index contributed by atoms with van der Waals surface area (Å²) in [6.07, 6.45) is 12.4. The van der Waals surface area contributed by atoms with Gasteiger partial charge in [0.1, 0.15) is 0 Å². The second-order valence-corrected chi connectivity index (χ2v) is 54.8. The van der Waals surface area contributed by atoms with Gasteiger partial charge in [-0.2, -0.15) is 0 Å². The predicted octanol–water partition coefficient (Wildman–Crippen LogP) is -0.592. The van der Waals surface area contributed by atoms with Gasteiger partial charge in [0.25, 0.3) is 0 Å². The Morgan fingerprint density at radius 3 is 2.17 bits per heavy atom. The molecule has 0 nitrogen and oxygen atoms in total. The van der Waals surface area contributed by atoms with E-state index in [0.29, 0.717) is 0 Å². The minimum absolute atomic E-state index is 0. The number of allylic oxidation sites excluding steroid dienone is 5. The van der Waals surface area contributed by atoms with Crippen LogP contribution in [0.4, 0.5) is 0 Å². The summed E-state index contributed by atoms with van der Waals surface area (Å²) in [5, 5.41) is -1.17. The molecule has 130 valence electrons. The molecule has 0 aromatic heterocycles. The standard InChI is InChI=1S/C9H7.C5H5.C3H9Si.C2H7Si.2ClH.Zr/c1-2-5-9-7-3-6-8(9)4-1;1-2-4-5-3-1;1-4(2)3;1-3-2;;;/h1-2,4-6H,7H2;1-3H,4H2;1-3H3;3H,1-2H3;2*1H;/q;;;;;;+2/p-2. The molecule has 5 heteroatoms. The van der Waals surface area contributed by atoms with E-state index in [4.69, 9.17) is 0 Å². The van der Waals surface area contributed by atoms with E-state index in [2.05, 4.69) is 81.3 Å². The van der Waals surface area contributed by atoms with E-state index < -0.39 is 29.7 Å². The van der Waals surface area contributed by atoms with E-state index in [9.17, 15) is 0 Å². The van der Waals surface area contributed by atoms with Gasteiger partial charge in [-0.1, -0.05) is 0 Å². The first-order valence-electron chi connectivity index (χ1n) is 8.52. The van der Waals surface area contributed by atoms with Crippen molar-refractivity contribution in [1.29, 1.82) is 0 Å². The number of rotatable bonds is 4. The van der Waals surface area contributed by atoms with Crippen molar-refractivity contribution in [2.24, 2.45) is 0 Å². The maximum atomic E-state index is 2.68. The fourth-order valence-corrected chi connectivity index (χ4v) is 88.3. The Kier molecular flexibility index (Phi) is 7.79. The molecular formula is C19H28Cl2Si2Zr. The zero-order valence-electron chi connectivity index (χ0n) is 15.4. The maximum Gasteiger partial charge on any atom is -1.00 e. The SMILES string of the molecule is C[SiH](C)[Zr+2]([C]1=CC=CC1)([C]1=Cc2ccccc2C1)[Si](C)(C)C.[Cl-].[Cl-]. The summed E-state index contributed by atoms with van der Waals surface area (Å²) in [5.41, 5.74) is 3.09. The third-order valence-electron chi connectivity index (χ3n) is 5.60. The molecule has 24 heavy (non-hydrogen) atoms. The number of benzene rings is 1. The van der Waals surface area contributed by atoms with Crippen LogP contribution in [0.2, 0.25) is 32.7 Å². The summed E-state index contributed by atoms with van der Waals surface area (Å²) >= 11 is -2.43. The van der Waals surface area contributed by atoms with Crippen LogP contribution in [0.15, 0.2) is 49.1 Å². The number of hydrogen-bond acceptors (Lipinski definition) is 0. The van der Waals surface area contributed by atoms with Crippen LogP contribution >= 0.6 is 0 Å². The van der Waals surface area contributed by atoms with Gasteiger partial charge in [-0.15, -0.1) is 0 Å². The molecule has 0 aliphatic heterocycles. The molecule has 0 amide bonds. The quantitative estimate of drug-likeness (QED) is 0.512. The van der Waals surface area contributed by atoms with Crippen LogP contribution in [0.25, 0.3) is 6.08 Å². The van der Waals surface area contributed by atoms with Crippen LogP contribution in [0.5, 0.6) is 0 Å². The Morgan fingerprint density at radius 1 is 1.00 bits per heavy atom. The molecule has 0 bridgehead atoms. The van der Waals surface area contributed by atoms with E-state index in [1.807, 2.05) is 6.56 Å². The zero-order chi connectivity index (χ0) is 16.0. The average Bonchev–Trinajstić information content (AvgIpc) is 3.06. The second-order valence-electron chi connectivity index (χ2n) is 8.08. The van der Waals surface area contributed by atoms with Crippen molar-refractivity contribution < 1.29 is 43.4 Å². The van der Waals surface area contributed by atoms with Crippen molar-refractivity contribution in [3.8, 4) is 0 Å². The summed E-state index contributed by atoms with van der Waals surface area (Å²) in [5.74, 6) is -0.689. The molecule has 0 heterocycles. The Hall–Kier alpha value is 0.337. The van der Waals surface area contributed by atoms with Gasteiger partial charge in [-0.25, -0.2) is 0 Å². The number of halogens is 2. The van der Waals surface area contributed by atoms with E-state index >= 15 is 0 Å². The first-order chi connectivity index (χ1) is 10.4. The van der Waals surface area contributed by atoms with Crippen LogP contribution in [0, 0.1) is 0 Å². The first-order valence-corrected chi connectivity index (χ1v) is 25.3. The molecule has 0 saturated heterocycles. The van der Waals surface area contributed by atoms with E-state index in [0.717, 1.165) is 0 Å². The predicted molar refractivity (Wildman–Crippen MR) is 102 cm³/mol. The van der Waals surface area contributed by atoms with Gasteiger partial charge >= 0.3 is 142 Å². The Balaban J connectivity index is 0.00000144. The van der Waals surface area contributed by atoms with Crippen LogP contribution in [0.1, 0.15) is 17.5 Å². The molecule has 0 spiro atoms. The molecule has 1 unspecified atom stereocenters. The van der Waals surface area contributed by atoms with E-state index in [1.165, 1.54) is 18.4 Å². The van der Waals surface area contributed by atoms with Gasteiger partial charge in [-0.05, 0) is 0 Å². The minimum Gasteiger partial charge on any atom is -1.00 e. The number of hydrogen-bond donors (Lipinski definition) is 0. The van der Waals surface area contributed by atoms with E-state index in [1.54, 1.807) is 5.56 Å². The van der Waals surface area contributed by atoms with Crippen LogP contribution < -0.4 is 24.8 Å². The van der Waals surface area contributed by atoms with Gasteiger partial charge in [0.15, 0.2) is 0 Å². The van der Waals surface area contributed by atoms with Crippen molar-refractivity contribution >= 4 is 17.2 Å². The number of fused-ring (bicyclic) bond motifs is 1. The molecular weight excluding hydrogens is 447 g/mol. The van der Waals surface area contributed by atoms with Gasteiger partial charge < -0.3 is 24.8 Å². The normalized spacial score (nSPS) is 16.9. The fraction of sp³-hybridized carbons (Fsp3) is 0.368. The van der Waals surface area contributed by atoms with Gasteiger partial charge in [-0.3, -0.25) is 0 Å². The van der Waals surface area contributed by atoms with Crippen LogP contribution in [0.3, 0.4) is 0 Å². The molecule has 0 N–H and O–H groups in total. The molecule has 1 aromatic rings. The molecule has 0 fully saturated rings. The fourth-order valence-electron chi connectivity index (χ4n) is 5.05. The summed E-state index contributed by atoms with van der Waals surface area (Å²) in [6, 6.07) is 9.09. The summed E-state index contributed by atoms with van der Waals surface area (Å²) < 4.78 is 3.86. The largest absolute Gasteiger partial charge is 1.00 e. The maximum absolute atomic E-state index is 2.68. The summed E-state index contributed by atoms with van der Waals surface area (Å²) in [4.78, 5) is 0. The van der Waals surface area contributed by atoms with Crippen LogP contribution in [-0.4, -0.2) is 11.1 Å². The van der Waals surface area contributed by atoms with Crippen LogP contribution in [-0.2, 0) is 25.0 Å². The Bertz CT molecular complexity index is 687. The molecule has 3 rings (SSSR count). The molecule has 2 aliphatic rings. The Morgan fingerprint density at radius 2 is 1.67 bits per heavy atom. The molecule has 1 atom stereocenters. The zero-order valence-corrected chi connectivity index (χ0v) is 21.5. The van der Waals surface area contributed by atoms with Gasteiger partial charge in [0.05, 0.1) is 0 Å². The molecule has 0 radical (unpaired) electrons. The first kappa shape index (κ1) is 22.4.